The van der Waals surface area contributed by atoms with Gasteiger partial charge >= 0.3 is 59.5 Å². The van der Waals surface area contributed by atoms with Gasteiger partial charge in [0.1, 0.15) is 0 Å². The summed E-state index contributed by atoms with van der Waals surface area (Å²) >= 11 is 0. The Hall–Kier alpha value is 0.355. The van der Waals surface area contributed by atoms with Crippen LogP contribution >= 0.6 is 0 Å². The first-order chi connectivity index (χ1) is 3.71. The van der Waals surface area contributed by atoms with Crippen molar-refractivity contribution in [3.63, 3.8) is 0 Å². The first-order valence-electron chi connectivity index (χ1n) is 3.58. The molecule has 60 valence electrons. The number of hydrogen-bond donors (Lipinski definition) is 0. The minimum Gasteiger partial charge on any atom is -1.00 e. The molecule has 0 aromatic carbocycles. The molecule has 2 heteroatoms. The van der Waals surface area contributed by atoms with Crippen molar-refractivity contribution in [3.05, 3.63) is 0 Å². The predicted molar refractivity (Wildman–Crippen MR) is 45.2 cm³/mol. The second-order valence-corrected chi connectivity index (χ2v) is 4.88. The average Bonchev–Trinajstić information content (AvgIpc) is 1.14. The normalized spacial score (nSPS) is 11.8. The summed E-state index contributed by atoms with van der Waals surface area (Å²) in [6.45, 7) is 13.4. The van der Waals surface area contributed by atoms with E-state index in [9.17, 15) is 0 Å². The van der Waals surface area contributed by atoms with Crippen LogP contribution in [0.3, 0.4) is 0 Å². The fraction of sp³-hybridized carbons (Fsp3) is 1.00. The Kier molecular flexibility index (Phi) is 4.75. The molecule has 0 amide bonds. The van der Waals surface area contributed by atoms with Crippen molar-refractivity contribution in [1.82, 2.24) is 0 Å². The van der Waals surface area contributed by atoms with Crippen molar-refractivity contribution in [2.75, 3.05) is 0 Å². The molecule has 0 aliphatic rings. The minimum atomic E-state index is 0. The Balaban J connectivity index is 0. The van der Waals surface area contributed by atoms with Crippen molar-refractivity contribution in [3.8, 4) is 0 Å². The van der Waals surface area contributed by atoms with Crippen LogP contribution in [0.5, 0.6) is 0 Å². The van der Waals surface area contributed by atoms with E-state index in [-0.39, 0.29) is 12.4 Å². The summed E-state index contributed by atoms with van der Waals surface area (Å²) < 4.78 is 0. The van der Waals surface area contributed by atoms with Crippen molar-refractivity contribution < 1.29 is 12.4 Å². The summed E-state index contributed by atoms with van der Waals surface area (Å²) in [6, 6.07) is 0. The summed E-state index contributed by atoms with van der Waals surface area (Å²) in [5.41, 5.74) is 0. The Labute approximate surface area is 72.4 Å². The quantitative estimate of drug-likeness (QED) is 0.442. The van der Waals surface area contributed by atoms with Gasteiger partial charge in [0, 0.05) is 0 Å². The fourth-order valence-electron chi connectivity index (χ4n) is 1.30. The molecular weight excluding hydrogens is 142 g/mol. The number of halogens is 1. The van der Waals surface area contributed by atoms with E-state index in [2.05, 4.69) is 48.8 Å². The maximum Gasteiger partial charge on any atom is -1.00 e. The van der Waals surface area contributed by atoms with E-state index in [0.717, 1.165) is 0 Å². The van der Waals surface area contributed by atoms with Gasteiger partial charge in [0.15, 0.2) is 0 Å². The van der Waals surface area contributed by atoms with Crippen LogP contribution in [0.1, 0.15) is 41.5 Å². The second-order valence-electron chi connectivity index (χ2n) is 4.88. The molecule has 0 radical (unpaired) electrons. The molecule has 0 saturated carbocycles. The van der Waals surface area contributed by atoms with Gasteiger partial charge < -0.3 is 12.4 Å². The van der Waals surface area contributed by atoms with Crippen LogP contribution in [0.4, 0.5) is 0 Å². The van der Waals surface area contributed by atoms with Gasteiger partial charge in [0.25, 0.3) is 0 Å². The van der Waals surface area contributed by atoms with E-state index >= 15 is 0 Å². The van der Waals surface area contributed by atoms with Gasteiger partial charge in [-0.25, -0.2) is 0 Å². The SMILES string of the molecule is CC(C)(C)[B+]C(C)(C)C.[Cl-]. The second kappa shape index (κ2) is 3.66. The molecule has 0 atom stereocenters. The summed E-state index contributed by atoms with van der Waals surface area (Å²) in [4.78, 5) is 0. The molecule has 0 fully saturated rings. The molecule has 0 rings (SSSR count). The molecule has 0 unspecified atom stereocenters. The molecule has 0 heterocycles. The smallest absolute Gasteiger partial charge is 1.00 e. The number of hydrogen-bond acceptors (Lipinski definition) is 0. The third-order valence-corrected chi connectivity index (χ3v) is 0.866. The summed E-state index contributed by atoms with van der Waals surface area (Å²) in [6.07, 6.45) is 0. The minimum absolute atomic E-state index is 0. The topological polar surface area (TPSA) is 0 Å². The maximum absolute atomic E-state index is 2.38. The Morgan fingerprint density at radius 3 is 0.900 bits per heavy atom. The first-order valence-corrected chi connectivity index (χ1v) is 3.58. The molecule has 0 aromatic rings. The molecule has 0 aliphatic heterocycles. The van der Waals surface area contributed by atoms with E-state index in [1.54, 1.807) is 0 Å². The monoisotopic (exact) mass is 160 g/mol. The molecule has 0 saturated heterocycles. The van der Waals surface area contributed by atoms with Gasteiger partial charge in [-0.2, -0.15) is 0 Å². The van der Waals surface area contributed by atoms with Crippen molar-refractivity contribution in [2.24, 2.45) is 0 Å². The predicted octanol–water partition coefficient (Wildman–Crippen LogP) is 0.131. The zero-order chi connectivity index (χ0) is 7.71. The van der Waals surface area contributed by atoms with Crippen molar-refractivity contribution >= 4 is 7.28 Å². The standard InChI is InChI=1S/C8H18B.ClH/c1-7(2,3)9-8(4,5)6;/h1-6H3;1H/q+1;/p-1. The van der Waals surface area contributed by atoms with Gasteiger partial charge in [0.2, 0.25) is 0 Å². The van der Waals surface area contributed by atoms with Gasteiger partial charge in [0.05, 0.1) is 0 Å². The molecule has 0 nitrogen and oxygen atoms in total. The van der Waals surface area contributed by atoms with E-state index in [1.165, 1.54) is 0 Å². The van der Waals surface area contributed by atoms with E-state index in [4.69, 9.17) is 0 Å². The van der Waals surface area contributed by atoms with E-state index in [0.29, 0.717) is 10.6 Å². The van der Waals surface area contributed by atoms with E-state index < -0.39 is 0 Å². The zero-order valence-corrected chi connectivity index (χ0v) is 8.71. The van der Waals surface area contributed by atoms with Crippen LogP contribution in [0.2, 0.25) is 10.6 Å². The van der Waals surface area contributed by atoms with Crippen molar-refractivity contribution in [1.29, 1.82) is 0 Å². The van der Waals surface area contributed by atoms with Crippen LogP contribution in [-0.4, -0.2) is 7.28 Å². The van der Waals surface area contributed by atoms with Crippen LogP contribution < -0.4 is 12.4 Å². The Morgan fingerprint density at radius 1 is 0.700 bits per heavy atom. The molecular formula is C8H18BCl. The van der Waals surface area contributed by atoms with Crippen LogP contribution in [0.15, 0.2) is 0 Å². The average molecular weight is 160 g/mol. The molecule has 0 aromatic heterocycles. The number of rotatable bonds is 0. The van der Waals surface area contributed by atoms with Gasteiger partial charge in [-0.1, -0.05) is 0 Å². The van der Waals surface area contributed by atoms with Crippen LogP contribution in [-0.2, 0) is 0 Å². The molecule has 0 spiro atoms. The van der Waals surface area contributed by atoms with Gasteiger partial charge in [-0.3, -0.25) is 0 Å². The van der Waals surface area contributed by atoms with Crippen LogP contribution in [0.25, 0.3) is 0 Å². The summed E-state index contributed by atoms with van der Waals surface area (Å²) in [7, 11) is 2.38. The first kappa shape index (κ1) is 13.0. The zero-order valence-electron chi connectivity index (χ0n) is 7.96. The van der Waals surface area contributed by atoms with Crippen molar-refractivity contribution in [2.45, 2.75) is 52.2 Å². The Morgan fingerprint density at radius 2 is 0.900 bits per heavy atom. The largest absolute Gasteiger partial charge is 1.00 e. The third kappa shape index (κ3) is 11.2. The van der Waals surface area contributed by atoms with Gasteiger partial charge in [-0.15, -0.1) is 0 Å². The fourth-order valence-corrected chi connectivity index (χ4v) is 1.30. The summed E-state index contributed by atoms with van der Waals surface area (Å²) in [5.74, 6) is 0. The third-order valence-electron chi connectivity index (χ3n) is 0.866. The molecule has 0 N–H and O–H groups in total. The van der Waals surface area contributed by atoms with E-state index in [1.807, 2.05) is 0 Å². The summed E-state index contributed by atoms with van der Waals surface area (Å²) in [5, 5.41) is 0.719. The molecule has 10 heavy (non-hydrogen) atoms. The molecule has 0 aliphatic carbocycles. The van der Waals surface area contributed by atoms with Gasteiger partial charge in [-0.05, 0) is 0 Å². The molecule has 0 bridgehead atoms. The van der Waals surface area contributed by atoms with Crippen LogP contribution in [0, 0.1) is 0 Å². The maximum atomic E-state index is 2.38. The Bertz CT molecular complexity index is 74.4.